The van der Waals surface area contributed by atoms with Gasteiger partial charge >= 0.3 is 0 Å². The number of carbonyl (C=O) groups is 4. The SMILES string of the molecule is CCCCCC1c2cc3c4c(CN(CCC)C(=O)CCl)c2OCOc2c1cc1c(c2CN(CCC)C(=O)CCl)OCOc2c(cc5c(c2CN(CCC)C(=O)CCl)OCOc2c(cc(c(c2CN(CCC)C(=O)CCl)OCO4)C3CCCCC)C5CCCCC)C1CCCCC. The molecule has 0 unspecified atom stereocenters. The quantitative estimate of drug-likeness (QED) is 0.0314. The highest BCUT2D eigenvalue weighted by Crippen LogP contribution is 2.59. The van der Waals surface area contributed by atoms with Crippen molar-refractivity contribution in [2.75, 3.05) is 76.9 Å². The van der Waals surface area contributed by atoms with Crippen molar-refractivity contribution in [3.8, 4) is 46.0 Å². The Balaban J connectivity index is 1.57. The van der Waals surface area contributed by atoms with Crippen molar-refractivity contribution >= 4 is 70.0 Å². The Morgan fingerprint density at radius 2 is 0.479 bits per heavy atom. The highest BCUT2D eigenvalue weighted by molar-refractivity contribution is 6.28. The molecule has 5 aliphatic rings. The molecule has 0 spiro atoms. The third kappa shape index (κ3) is 16.5. The summed E-state index contributed by atoms with van der Waals surface area (Å²) in [6, 6.07) is 9.33. The normalized spacial score (nSPS) is 16.9. The smallest absolute Gasteiger partial charge is 0.237 e. The van der Waals surface area contributed by atoms with Crippen LogP contribution in [0.4, 0.5) is 0 Å². The number of alkyl halides is 4. The van der Waals surface area contributed by atoms with E-state index in [2.05, 4.69) is 79.7 Å². The van der Waals surface area contributed by atoms with Crippen LogP contribution in [-0.4, -0.2) is 120 Å². The summed E-state index contributed by atoms with van der Waals surface area (Å²) in [4.78, 5) is 64.5. The molecular formula is C76H104Cl4N4O12. The van der Waals surface area contributed by atoms with E-state index in [1.807, 2.05) is 0 Å². The van der Waals surface area contributed by atoms with Crippen LogP contribution in [-0.2, 0) is 45.4 Å². The maximum atomic E-state index is 14.3. The molecule has 4 amide bonds. The third-order valence-corrected chi connectivity index (χ3v) is 20.7. The molecule has 8 bridgehead atoms. The average molecular weight is 1410 g/mol. The second kappa shape index (κ2) is 36.4. The van der Waals surface area contributed by atoms with Gasteiger partial charge in [0.15, 0.2) is 0 Å². The van der Waals surface area contributed by atoms with Crippen molar-refractivity contribution in [2.24, 2.45) is 0 Å². The predicted octanol–water partition coefficient (Wildman–Crippen LogP) is 17.7. The Kier molecular flexibility index (Phi) is 28.3. The molecule has 0 saturated heterocycles. The first-order valence-corrected chi connectivity index (χ1v) is 38.1. The summed E-state index contributed by atoms with van der Waals surface area (Å²) in [6.45, 7) is 18.3. The zero-order chi connectivity index (χ0) is 68.4. The molecule has 0 fully saturated rings. The number of hydrogen-bond donors (Lipinski definition) is 0. The predicted molar refractivity (Wildman–Crippen MR) is 380 cm³/mol. The van der Waals surface area contributed by atoms with Crippen molar-refractivity contribution in [3.63, 3.8) is 0 Å². The Labute approximate surface area is 590 Å². The summed E-state index contributed by atoms with van der Waals surface area (Å²) >= 11 is 26.2. The van der Waals surface area contributed by atoms with E-state index >= 15 is 0 Å². The number of unbranched alkanes of at least 4 members (excludes halogenated alkanes) is 8. The minimum atomic E-state index is -0.407. The van der Waals surface area contributed by atoms with Crippen molar-refractivity contribution in [3.05, 3.63) is 91.0 Å². The second-order valence-electron chi connectivity index (χ2n) is 26.4. The van der Waals surface area contributed by atoms with Crippen molar-refractivity contribution in [1.82, 2.24) is 19.6 Å². The standard InChI is InChI=1S/C76H104Cl4N4O12/c1-9-17-21-25-49-53-33-55-50(26-22-18-10-2)57-35-59-52(28-24-20-12-4)60-36-58-51(27-23-19-11-3)56-34-54(49)70-62(42-82(30-14-6)66(86)38-78)72(56)92-47-94-74(58)64(44-84(32-16-8)68(88)40-80)76(60)96-48-95-75(59)63(43-83(31-15-7)67(87)39-79)73(57)93-46-91-71(55)61(69(53)89-45-90-70)41-81(29-13-5)65(85)37-77/h33-36,49-52H,9-32,37-48H2,1-8H3. The molecule has 96 heavy (non-hydrogen) atoms. The van der Waals surface area contributed by atoms with Gasteiger partial charge in [-0.2, -0.15) is 0 Å². The summed E-state index contributed by atoms with van der Waals surface area (Å²) in [6.07, 6.45) is 16.3. The highest BCUT2D eigenvalue weighted by atomic mass is 35.5. The number of rotatable bonds is 36. The van der Waals surface area contributed by atoms with Crippen LogP contribution in [0, 0.1) is 0 Å². The first-order chi connectivity index (χ1) is 46.8. The molecule has 4 aliphatic heterocycles. The topological polar surface area (TPSA) is 155 Å². The lowest BCUT2D eigenvalue weighted by Gasteiger charge is -2.39. The molecule has 0 N–H and O–H groups in total. The van der Waals surface area contributed by atoms with Crippen LogP contribution < -0.4 is 37.9 Å². The summed E-state index contributed by atoms with van der Waals surface area (Å²) in [5.41, 5.74) is 10.1. The average Bonchev–Trinajstić information content (AvgIpc) is 0.728. The zero-order valence-corrected chi connectivity index (χ0v) is 61.3. The molecule has 4 aromatic rings. The number of amides is 4. The molecule has 0 atom stereocenters. The van der Waals surface area contributed by atoms with Gasteiger partial charge in [0.05, 0.1) is 48.4 Å². The van der Waals surface area contributed by atoms with E-state index in [1.165, 1.54) is 0 Å². The van der Waals surface area contributed by atoms with Crippen molar-refractivity contribution in [1.29, 1.82) is 0 Å². The van der Waals surface area contributed by atoms with Gasteiger partial charge in [-0.15, -0.1) is 46.4 Å². The minimum Gasteiger partial charge on any atom is -0.457 e. The lowest BCUT2D eigenvalue weighted by Crippen LogP contribution is -2.34. The van der Waals surface area contributed by atoms with Gasteiger partial charge in [0.25, 0.3) is 0 Å². The van der Waals surface area contributed by atoms with Crippen LogP contribution in [0.5, 0.6) is 46.0 Å². The molecule has 20 heteroatoms. The van der Waals surface area contributed by atoms with E-state index in [-0.39, 0.29) is 100 Å². The molecule has 0 saturated carbocycles. The van der Waals surface area contributed by atoms with Crippen LogP contribution in [0.1, 0.15) is 274 Å². The first kappa shape index (κ1) is 74.5. The first-order valence-electron chi connectivity index (χ1n) is 36.0. The summed E-state index contributed by atoms with van der Waals surface area (Å²) in [7, 11) is 0. The van der Waals surface area contributed by atoms with Gasteiger partial charge in [0.1, 0.15) is 69.5 Å². The molecule has 16 nitrogen and oxygen atoms in total. The fraction of sp³-hybridized carbons (Fsp3) is 0.632. The summed E-state index contributed by atoms with van der Waals surface area (Å²) < 4.78 is 57.9. The Hall–Kier alpha value is -5.68. The van der Waals surface area contributed by atoms with E-state index in [4.69, 9.17) is 84.3 Å². The van der Waals surface area contributed by atoms with Crippen LogP contribution in [0.2, 0.25) is 0 Å². The zero-order valence-electron chi connectivity index (χ0n) is 58.3. The van der Waals surface area contributed by atoms with Crippen molar-refractivity contribution in [2.45, 2.75) is 234 Å². The molecular weight excluding hydrogens is 1300 g/mol. The Morgan fingerprint density at radius 3 is 0.625 bits per heavy atom. The van der Waals surface area contributed by atoms with E-state index in [0.717, 1.165) is 122 Å². The van der Waals surface area contributed by atoms with Crippen LogP contribution in [0.25, 0.3) is 0 Å². The summed E-state index contributed by atoms with van der Waals surface area (Å²) in [5, 5.41) is 0. The fourth-order valence-corrected chi connectivity index (χ4v) is 15.9. The van der Waals surface area contributed by atoms with E-state index < -0.39 is 23.7 Å². The van der Waals surface area contributed by atoms with Gasteiger partial charge in [-0.1, -0.05) is 132 Å². The summed E-state index contributed by atoms with van der Waals surface area (Å²) in [5.74, 6) is 1.13. The second-order valence-corrected chi connectivity index (χ2v) is 27.5. The maximum absolute atomic E-state index is 14.3. The number of halogens is 4. The molecule has 528 valence electrons. The minimum absolute atomic E-state index is 0.118. The Morgan fingerprint density at radius 1 is 0.302 bits per heavy atom. The van der Waals surface area contributed by atoms with Gasteiger partial charge in [-0.25, -0.2) is 0 Å². The van der Waals surface area contributed by atoms with Crippen LogP contribution in [0.15, 0.2) is 24.3 Å². The third-order valence-electron chi connectivity index (χ3n) is 19.8. The fourth-order valence-electron chi connectivity index (χ4n) is 15.3. The lowest BCUT2D eigenvalue weighted by atomic mass is 9.74. The van der Waals surface area contributed by atoms with E-state index in [9.17, 15) is 19.2 Å². The number of nitrogens with zero attached hydrogens (tertiary/aromatic N) is 4. The van der Waals surface area contributed by atoms with E-state index in [1.54, 1.807) is 19.6 Å². The van der Waals surface area contributed by atoms with Gasteiger partial charge in [-0.05, 0) is 75.6 Å². The number of benzene rings is 4. The molecule has 9 rings (SSSR count). The monoisotopic (exact) mass is 1400 g/mol. The van der Waals surface area contributed by atoms with Crippen LogP contribution in [0.3, 0.4) is 0 Å². The number of hydrogen-bond acceptors (Lipinski definition) is 12. The van der Waals surface area contributed by atoms with E-state index in [0.29, 0.717) is 146 Å². The van der Waals surface area contributed by atoms with Gasteiger partial charge in [-0.3, -0.25) is 19.2 Å². The lowest BCUT2D eigenvalue weighted by molar-refractivity contribution is -0.130. The number of ether oxygens (including phenoxy) is 8. The highest BCUT2D eigenvalue weighted by Gasteiger charge is 2.43. The Bertz CT molecular complexity index is 2780. The molecule has 0 radical (unpaired) electrons. The number of carbonyl (C=O) groups excluding carboxylic acids is 4. The molecule has 0 aromatic heterocycles. The largest absolute Gasteiger partial charge is 0.457 e. The van der Waals surface area contributed by atoms with Crippen LogP contribution >= 0.6 is 46.4 Å². The van der Waals surface area contributed by atoms with Gasteiger partial charge in [0, 0.05) is 94.4 Å². The van der Waals surface area contributed by atoms with Gasteiger partial charge < -0.3 is 57.5 Å². The van der Waals surface area contributed by atoms with Gasteiger partial charge in [0.2, 0.25) is 50.8 Å². The molecule has 4 heterocycles. The molecule has 4 aromatic carbocycles. The molecule has 1 aliphatic carbocycles. The maximum Gasteiger partial charge on any atom is 0.237 e. The van der Waals surface area contributed by atoms with Crippen molar-refractivity contribution < 1.29 is 57.1 Å².